The van der Waals surface area contributed by atoms with Crippen LogP contribution in [0.25, 0.3) is 0 Å². The Morgan fingerprint density at radius 3 is 2.58 bits per heavy atom. The minimum Gasteiger partial charge on any atom is -0.494 e. The molecule has 3 aromatic carbocycles. The van der Waals surface area contributed by atoms with Crippen LogP contribution in [-0.2, 0) is 20.9 Å². The summed E-state index contributed by atoms with van der Waals surface area (Å²) in [5.74, 6) is 1.68. The average Bonchev–Trinajstić information content (AvgIpc) is 3.57. The third-order valence-electron chi connectivity index (χ3n) is 10.9. The molecular formula is C43H50ClN8O5PS. The molecule has 1 atom stereocenters. The predicted molar refractivity (Wildman–Crippen MR) is 237 cm³/mol. The molecule has 4 amide bonds. The van der Waals surface area contributed by atoms with Crippen LogP contribution in [0.15, 0.2) is 71.8 Å². The normalized spacial score (nSPS) is 16.9. The van der Waals surface area contributed by atoms with E-state index in [9.17, 15) is 19.2 Å². The number of carbonyl (C=O) groups excluding carboxylic acids is 4. The van der Waals surface area contributed by atoms with Gasteiger partial charge in [-0.2, -0.15) is 4.98 Å². The van der Waals surface area contributed by atoms with Crippen molar-refractivity contribution >= 4 is 89.0 Å². The molecule has 0 saturated carbocycles. The molecule has 0 bridgehead atoms. The number of thioether (sulfide) groups is 1. The Morgan fingerprint density at radius 1 is 0.983 bits per heavy atom. The summed E-state index contributed by atoms with van der Waals surface area (Å²) in [5.41, 5.74) is 4.32. The molecule has 13 nitrogen and oxygen atoms in total. The van der Waals surface area contributed by atoms with Gasteiger partial charge in [0.2, 0.25) is 23.7 Å². The highest BCUT2D eigenvalue weighted by molar-refractivity contribution is 7.99. The first-order valence-corrected chi connectivity index (χ1v) is 23.6. The van der Waals surface area contributed by atoms with Gasteiger partial charge in [-0.25, -0.2) is 4.98 Å². The van der Waals surface area contributed by atoms with Crippen LogP contribution in [0.3, 0.4) is 0 Å². The van der Waals surface area contributed by atoms with Crippen molar-refractivity contribution in [3.63, 3.8) is 0 Å². The van der Waals surface area contributed by atoms with Crippen molar-refractivity contribution in [2.45, 2.75) is 74.9 Å². The molecule has 4 N–H and O–H groups in total. The lowest BCUT2D eigenvalue weighted by atomic mass is 10.0. The summed E-state index contributed by atoms with van der Waals surface area (Å²) in [5, 5.41) is 13.9. The van der Waals surface area contributed by atoms with Gasteiger partial charge in [-0.1, -0.05) is 50.2 Å². The maximum atomic E-state index is 13.1. The van der Waals surface area contributed by atoms with E-state index >= 15 is 0 Å². The van der Waals surface area contributed by atoms with Crippen molar-refractivity contribution in [1.29, 1.82) is 0 Å². The van der Waals surface area contributed by atoms with Crippen molar-refractivity contribution in [3.8, 4) is 5.75 Å². The first-order valence-electron chi connectivity index (χ1n) is 20.0. The molecule has 4 aromatic rings. The molecule has 3 aliphatic heterocycles. The Balaban J connectivity index is 0.827. The summed E-state index contributed by atoms with van der Waals surface area (Å²) >= 11 is 8.20. The van der Waals surface area contributed by atoms with Gasteiger partial charge in [0, 0.05) is 66.4 Å². The van der Waals surface area contributed by atoms with Crippen LogP contribution < -0.4 is 36.2 Å². The Morgan fingerprint density at radius 2 is 1.80 bits per heavy atom. The summed E-state index contributed by atoms with van der Waals surface area (Å²) in [6, 6.07) is 19.4. The lowest BCUT2D eigenvalue weighted by Crippen LogP contribution is -2.52. The zero-order valence-corrected chi connectivity index (χ0v) is 36.0. The SMILES string of the molecule is COc1cc(N2CCC(NC(=O)CCCCCSc3cccc4c3CN(C3CCC(=O)NC3=O)C4=O)CC2)ccc1Nc1ncc(Cl)c(Nc2ccccc2P(C)C)n1. The zero-order chi connectivity index (χ0) is 41.5. The number of rotatable bonds is 16. The molecule has 3 aliphatic rings. The van der Waals surface area contributed by atoms with E-state index in [-0.39, 0.29) is 38.1 Å². The number of methoxy groups -OCH3 is 1. The molecule has 4 heterocycles. The van der Waals surface area contributed by atoms with E-state index < -0.39 is 11.9 Å². The maximum absolute atomic E-state index is 13.1. The number of benzene rings is 3. The first-order chi connectivity index (χ1) is 28.6. The van der Waals surface area contributed by atoms with Crippen LogP contribution in [0, 0.1) is 0 Å². The van der Waals surface area contributed by atoms with Crippen molar-refractivity contribution in [2.75, 3.05) is 54.8 Å². The Labute approximate surface area is 355 Å². The van der Waals surface area contributed by atoms with E-state index in [0.29, 0.717) is 47.5 Å². The summed E-state index contributed by atoms with van der Waals surface area (Å²) in [7, 11) is 1.31. The number of amides is 4. The number of fused-ring (bicyclic) bond motifs is 1. The van der Waals surface area contributed by atoms with Crippen molar-refractivity contribution in [2.24, 2.45) is 0 Å². The van der Waals surface area contributed by atoms with Gasteiger partial charge < -0.3 is 30.5 Å². The lowest BCUT2D eigenvalue weighted by molar-refractivity contribution is -0.137. The van der Waals surface area contributed by atoms with Crippen molar-refractivity contribution in [3.05, 3.63) is 83.0 Å². The summed E-state index contributed by atoms with van der Waals surface area (Å²) in [6.07, 6.45) is 7.05. The number of hydrogen-bond donors (Lipinski definition) is 4. The van der Waals surface area contributed by atoms with Crippen molar-refractivity contribution < 1.29 is 23.9 Å². The number of ether oxygens (including phenoxy) is 1. The number of imide groups is 1. The first kappa shape index (κ1) is 42.2. The van der Waals surface area contributed by atoms with E-state index in [1.54, 1.807) is 30.0 Å². The second kappa shape index (κ2) is 19.4. The largest absolute Gasteiger partial charge is 0.494 e. The molecule has 59 heavy (non-hydrogen) atoms. The number of halogens is 1. The van der Waals surface area contributed by atoms with E-state index in [2.05, 4.69) is 61.6 Å². The smallest absolute Gasteiger partial charge is 0.255 e. The third-order valence-corrected chi connectivity index (χ3v) is 13.7. The van der Waals surface area contributed by atoms with E-state index in [1.807, 2.05) is 48.5 Å². The molecule has 2 saturated heterocycles. The van der Waals surface area contributed by atoms with E-state index in [4.69, 9.17) is 16.3 Å². The summed E-state index contributed by atoms with van der Waals surface area (Å²) < 4.78 is 5.77. The fraction of sp³-hybridized carbons (Fsp3) is 0.395. The molecule has 0 aliphatic carbocycles. The molecule has 0 spiro atoms. The Hall–Kier alpha value is -4.91. The lowest BCUT2D eigenvalue weighted by Gasteiger charge is -2.34. The van der Waals surface area contributed by atoms with E-state index in [1.165, 1.54) is 5.30 Å². The molecule has 7 rings (SSSR count). The molecule has 2 fully saturated rings. The average molecular weight is 857 g/mol. The van der Waals surface area contributed by atoms with Crippen LogP contribution in [0.1, 0.15) is 67.3 Å². The third kappa shape index (κ3) is 10.3. The van der Waals surface area contributed by atoms with Crippen molar-refractivity contribution in [1.82, 2.24) is 25.5 Å². The second-order valence-corrected chi connectivity index (χ2v) is 18.9. The van der Waals surface area contributed by atoms with Crippen LogP contribution in [0.5, 0.6) is 5.75 Å². The van der Waals surface area contributed by atoms with Gasteiger partial charge in [0.1, 0.15) is 16.8 Å². The number of nitrogens with zero attached hydrogens (tertiary/aromatic N) is 4. The van der Waals surface area contributed by atoms with Crippen LogP contribution in [0.2, 0.25) is 5.02 Å². The molecule has 1 unspecified atom stereocenters. The quantitative estimate of drug-likeness (QED) is 0.0391. The van der Waals surface area contributed by atoms with Gasteiger partial charge in [0.05, 0.1) is 19.0 Å². The van der Waals surface area contributed by atoms with E-state index in [0.717, 1.165) is 78.5 Å². The Kier molecular flexibility index (Phi) is 13.9. The molecule has 1 aromatic heterocycles. The van der Waals surface area contributed by atoms with Crippen LogP contribution >= 0.6 is 31.3 Å². The molecule has 310 valence electrons. The van der Waals surface area contributed by atoms with Crippen LogP contribution in [-0.4, -0.2) is 89.9 Å². The number of para-hydroxylation sites is 1. The Bertz CT molecular complexity index is 2200. The highest BCUT2D eigenvalue weighted by Crippen LogP contribution is 2.36. The maximum Gasteiger partial charge on any atom is 0.255 e. The summed E-state index contributed by atoms with van der Waals surface area (Å²) in [6.45, 7) is 6.41. The van der Waals surface area contributed by atoms with Crippen LogP contribution in [0.4, 0.5) is 28.8 Å². The van der Waals surface area contributed by atoms with Gasteiger partial charge in [-0.15, -0.1) is 11.8 Å². The van der Waals surface area contributed by atoms with Gasteiger partial charge in [-0.05, 0) is 92.4 Å². The van der Waals surface area contributed by atoms with Gasteiger partial charge in [0.25, 0.3) is 5.91 Å². The monoisotopic (exact) mass is 856 g/mol. The molecule has 16 heteroatoms. The highest BCUT2D eigenvalue weighted by Gasteiger charge is 2.39. The predicted octanol–water partition coefficient (Wildman–Crippen LogP) is 7.19. The number of hydrogen-bond acceptors (Lipinski definition) is 11. The number of carbonyl (C=O) groups is 4. The second-order valence-electron chi connectivity index (χ2n) is 15.1. The minimum atomic E-state index is -0.621. The van der Waals surface area contributed by atoms with Gasteiger partial charge in [-0.3, -0.25) is 24.5 Å². The molecular weight excluding hydrogens is 807 g/mol. The zero-order valence-electron chi connectivity index (χ0n) is 33.6. The molecule has 0 radical (unpaired) electrons. The van der Waals surface area contributed by atoms with Gasteiger partial charge in [0.15, 0.2) is 5.82 Å². The fourth-order valence-corrected chi connectivity index (χ4v) is 9.96. The number of anilines is 5. The fourth-order valence-electron chi connectivity index (χ4n) is 7.73. The minimum absolute atomic E-state index is 0.0916. The standard InChI is InChI=1S/C43H50ClN8O5PS/c1-57-35-24-28(15-16-32(35)48-43-45-25-31(44)40(50-43)47-33-11-6-7-12-36(33)58(2)3)51-21-19-27(20-22-51)46-38(53)14-5-4-8-23-59-37-13-9-10-29-30(37)26-52(42(29)56)34-17-18-39(54)49-41(34)55/h6-7,9-13,15-16,24-25,27,34H,4-5,8,14,17-23,26H2,1-3H3,(H,46,53)(H,49,54,55)(H2,45,47,48,50). The number of unbranched alkanes of at least 4 members (excludes halogenated alkanes) is 2. The highest BCUT2D eigenvalue weighted by atomic mass is 35.5. The number of piperidine rings is 2. The summed E-state index contributed by atoms with van der Waals surface area (Å²) in [4.78, 5) is 64.1. The number of nitrogens with one attached hydrogen (secondary N) is 4. The van der Waals surface area contributed by atoms with Gasteiger partial charge >= 0.3 is 0 Å². The number of aromatic nitrogens is 2. The topological polar surface area (TPSA) is 158 Å².